The van der Waals surface area contributed by atoms with Gasteiger partial charge in [-0.15, -0.1) is 0 Å². The standard InChI is InChI=1S/C15H9ClF3N3O2S/c16-25(23,24)11-4-2-10(3-5-11)22-14-12-6-1-9(15(17,18)19)7-13(12)20-8-21-14/h1-8H,(H,20,21,22). The lowest BCUT2D eigenvalue weighted by atomic mass is 10.1. The lowest BCUT2D eigenvalue weighted by molar-refractivity contribution is -0.137. The van der Waals surface area contributed by atoms with Crippen LogP contribution in [0.3, 0.4) is 0 Å². The fraction of sp³-hybridized carbons (Fsp3) is 0.0667. The van der Waals surface area contributed by atoms with E-state index in [1.165, 1.54) is 30.3 Å². The Bertz CT molecular complexity index is 1040. The van der Waals surface area contributed by atoms with Gasteiger partial charge >= 0.3 is 6.18 Å². The Morgan fingerprint density at radius 1 is 1.00 bits per heavy atom. The highest BCUT2D eigenvalue weighted by atomic mass is 35.7. The van der Waals surface area contributed by atoms with Crippen LogP contribution < -0.4 is 5.32 Å². The van der Waals surface area contributed by atoms with Gasteiger partial charge in [0.05, 0.1) is 16.0 Å². The van der Waals surface area contributed by atoms with Gasteiger partial charge in [-0.05, 0) is 42.5 Å². The molecule has 1 heterocycles. The predicted octanol–water partition coefficient (Wildman–Crippen LogP) is 4.32. The summed E-state index contributed by atoms with van der Waals surface area (Å²) in [5.74, 6) is 0.292. The molecule has 2 aromatic carbocycles. The van der Waals surface area contributed by atoms with E-state index >= 15 is 0 Å². The number of halogens is 4. The third kappa shape index (κ3) is 3.83. The maximum absolute atomic E-state index is 12.8. The molecule has 0 atom stereocenters. The van der Waals surface area contributed by atoms with Crippen molar-refractivity contribution >= 4 is 42.1 Å². The SMILES string of the molecule is O=S(=O)(Cl)c1ccc(Nc2ncnc3cc(C(F)(F)F)ccc23)cc1. The molecule has 3 rings (SSSR count). The minimum absolute atomic E-state index is 0.0675. The van der Waals surface area contributed by atoms with Crippen molar-refractivity contribution in [2.45, 2.75) is 11.1 Å². The van der Waals surface area contributed by atoms with E-state index in [0.717, 1.165) is 18.5 Å². The van der Waals surface area contributed by atoms with Crippen molar-refractivity contribution in [3.8, 4) is 0 Å². The van der Waals surface area contributed by atoms with E-state index in [9.17, 15) is 21.6 Å². The van der Waals surface area contributed by atoms with E-state index in [1.54, 1.807) is 0 Å². The summed E-state index contributed by atoms with van der Waals surface area (Å²) in [7, 11) is 1.41. The highest BCUT2D eigenvalue weighted by molar-refractivity contribution is 8.13. The van der Waals surface area contributed by atoms with E-state index in [-0.39, 0.29) is 10.4 Å². The van der Waals surface area contributed by atoms with Crippen LogP contribution in [0.1, 0.15) is 5.56 Å². The molecule has 0 unspecified atom stereocenters. The molecule has 130 valence electrons. The summed E-state index contributed by atoms with van der Waals surface area (Å²) in [4.78, 5) is 7.81. The van der Waals surface area contributed by atoms with Gasteiger partial charge in [-0.3, -0.25) is 0 Å². The normalized spacial score (nSPS) is 12.3. The molecule has 1 N–H and O–H groups in total. The van der Waals surface area contributed by atoms with Crippen LogP contribution in [-0.4, -0.2) is 18.4 Å². The number of nitrogens with one attached hydrogen (secondary N) is 1. The van der Waals surface area contributed by atoms with Crippen molar-refractivity contribution in [3.63, 3.8) is 0 Å². The van der Waals surface area contributed by atoms with Gasteiger partial charge in [-0.25, -0.2) is 18.4 Å². The smallest absolute Gasteiger partial charge is 0.340 e. The van der Waals surface area contributed by atoms with Crippen LogP contribution in [0.15, 0.2) is 53.7 Å². The Morgan fingerprint density at radius 3 is 2.28 bits per heavy atom. The Balaban J connectivity index is 1.96. The minimum atomic E-state index is -4.46. The van der Waals surface area contributed by atoms with Crippen molar-refractivity contribution < 1.29 is 21.6 Å². The van der Waals surface area contributed by atoms with E-state index in [2.05, 4.69) is 15.3 Å². The second-order valence-electron chi connectivity index (χ2n) is 5.04. The number of hydrogen-bond acceptors (Lipinski definition) is 5. The van der Waals surface area contributed by atoms with Crippen LogP contribution in [0.2, 0.25) is 0 Å². The quantitative estimate of drug-likeness (QED) is 0.678. The summed E-state index contributed by atoms with van der Waals surface area (Å²) in [6.07, 6.45) is -3.32. The average molecular weight is 388 g/mol. The van der Waals surface area contributed by atoms with Gasteiger partial charge in [0.25, 0.3) is 9.05 Å². The number of aromatic nitrogens is 2. The molecule has 0 aliphatic heterocycles. The average Bonchev–Trinajstić information content (AvgIpc) is 2.53. The lowest BCUT2D eigenvalue weighted by Gasteiger charge is -2.11. The first-order valence-corrected chi connectivity index (χ1v) is 9.09. The Morgan fingerprint density at radius 2 is 1.68 bits per heavy atom. The molecule has 5 nitrogen and oxygen atoms in total. The summed E-state index contributed by atoms with van der Waals surface area (Å²) in [5.41, 5.74) is -0.183. The molecule has 0 amide bonds. The van der Waals surface area contributed by atoms with E-state index < -0.39 is 20.8 Å². The molecule has 0 bridgehead atoms. The first kappa shape index (κ1) is 17.4. The third-order valence-electron chi connectivity index (χ3n) is 3.36. The van der Waals surface area contributed by atoms with Gasteiger partial charge in [0.15, 0.2) is 0 Å². The zero-order valence-electron chi connectivity index (χ0n) is 12.2. The van der Waals surface area contributed by atoms with Crippen LogP contribution in [0.4, 0.5) is 24.7 Å². The Kier molecular flexibility index (Phi) is 4.29. The van der Waals surface area contributed by atoms with Gasteiger partial charge in [-0.2, -0.15) is 13.2 Å². The molecule has 0 aliphatic carbocycles. The van der Waals surface area contributed by atoms with Crippen LogP contribution >= 0.6 is 10.7 Å². The summed E-state index contributed by atoms with van der Waals surface area (Å²) in [5, 5.41) is 3.31. The minimum Gasteiger partial charge on any atom is -0.340 e. The molecule has 10 heteroatoms. The molecule has 0 saturated heterocycles. The number of nitrogens with zero attached hydrogens (tertiary/aromatic N) is 2. The molecule has 0 spiro atoms. The predicted molar refractivity (Wildman–Crippen MR) is 87.3 cm³/mol. The highest BCUT2D eigenvalue weighted by Gasteiger charge is 2.30. The first-order valence-electron chi connectivity index (χ1n) is 6.78. The van der Waals surface area contributed by atoms with Crippen LogP contribution in [0.5, 0.6) is 0 Å². The number of alkyl halides is 3. The number of rotatable bonds is 3. The van der Waals surface area contributed by atoms with Gasteiger partial charge < -0.3 is 5.32 Å². The van der Waals surface area contributed by atoms with E-state index in [4.69, 9.17) is 10.7 Å². The van der Waals surface area contributed by atoms with Gasteiger partial charge in [0.2, 0.25) is 0 Å². The number of anilines is 2. The summed E-state index contributed by atoms with van der Waals surface area (Å²) >= 11 is 0. The molecule has 0 fully saturated rings. The summed E-state index contributed by atoms with van der Waals surface area (Å²) < 4.78 is 60.8. The molecule has 3 aromatic rings. The maximum Gasteiger partial charge on any atom is 0.416 e. The first-order chi connectivity index (χ1) is 11.6. The molecule has 1 aromatic heterocycles. The highest BCUT2D eigenvalue weighted by Crippen LogP contribution is 2.32. The largest absolute Gasteiger partial charge is 0.416 e. The van der Waals surface area contributed by atoms with Gasteiger partial charge in [-0.1, -0.05) is 0 Å². The van der Waals surface area contributed by atoms with Gasteiger partial charge in [0.1, 0.15) is 12.1 Å². The maximum atomic E-state index is 12.8. The second kappa shape index (κ2) is 6.16. The van der Waals surface area contributed by atoms with Crippen molar-refractivity contribution in [1.82, 2.24) is 9.97 Å². The Hall–Kier alpha value is -2.39. The number of hydrogen-bond donors (Lipinski definition) is 1. The number of benzene rings is 2. The van der Waals surface area contributed by atoms with Crippen LogP contribution in [0.25, 0.3) is 10.9 Å². The zero-order chi connectivity index (χ0) is 18.2. The van der Waals surface area contributed by atoms with Crippen molar-refractivity contribution in [3.05, 3.63) is 54.4 Å². The fourth-order valence-corrected chi connectivity index (χ4v) is 2.94. The van der Waals surface area contributed by atoms with Crippen molar-refractivity contribution in [2.75, 3.05) is 5.32 Å². The molecule has 0 aliphatic rings. The molecular formula is C15H9ClF3N3O2S. The zero-order valence-corrected chi connectivity index (χ0v) is 13.8. The molecule has 0 radical (unpaired) electrons. The Labute approximate surface area is 144 Å². The van der Waals surface area contributed by atoms with Crippen molar-refractivity contribution in [2.24, 2.45) is 0 Å². The second-order valence-corrected chi connectivity index (χ2v) is 7.61. The molecule has 0 saturated carbocycles. The monoisotopic (exact) mass is 387 g/mol. The number of fused-ring (bicyclic) bond motifs is 1. The third-order valence-corrected chi connectivity index (χ3v) is 4.73. The molecule has 25 heavy (non-hydrogen) atoms. The van der Waals surface area contributed by atoms with E-state index in [0.29, 0.717) is 16.9 Å². The summed E-state index contributed by atoms with van der Waals surface area (Å²) in [6, 6.07) is 8.69. The van der Waals surface area contributed by atoms with Crippen LogP contribution in [-0.2, 0) is 15.2 Å². The fourth-order valence-electron chi connectivity index (χ4n) is 2.17. The van der Waals surface area contributed by atoms with Gasteiger partial charge in [0, 0.05) is 21.8 Å². The van der Waals surface area contributed by atoms with E-state index in [1.807, 2.05) is 0 Å². The topological polar surface area (TPSA) is 72.0 Å². The lowest BCUT2D eigenvalue weighted by Crippen LogP contribution is -2.05. The molecular weight excluding hydrogens is 379 g/mol. The summed E-state index contributed by atoms with van der Waals surface area (Å²) in [6.45, 7) is 0. The van der Waals surface area contributed by atoms with Crippen molar-refractivity contribution in [1.29, 1.82) is 0 Å². The van der Waals surface area contributed by atoms with Crippen LogP contribution in [0, 0.1) is 0 Å².